The van der Waals surface area contributed by atoms with Crippen LogP contribution in [0.15, 0.2) is 18.5 Å². The smallest absolute Gasteiger partial charge is 0.172 e. The SMILES string of the molecule is COCC(OC)n1cccn1. The van der Waals surface area contributed by atoms with Gasteiger partial charge in [-0.1, -0.05) is 0 Å². The quantitative estimate of drug-likeness (QED) is 0.643. The lowest BCUT2D eigenvalue weighted by molar-refractivity contribution is -0.0258. The van der Waals surface area contributed by atoms with E-state index in [1.807, 2.05) is 12.3 Å². The number of rotatable bonds is 4. The lowest BCUT2D eigenvalue weighted by Gasteiger charge is -2.13. The van der Waals surface area contributed by atoms with E-state index in [1.165, 1.54) is 0 Å². The molecule has 0 aliphatic heterocycles. The molecule has 0 saturated carbocycles. The Morgan fingerprint density at radius 1 is 1.55 bits per heavy atom. The van der Waals surface area contributed by atoms with Crippen LogP contribution >= 0.6 is 0 Å². The fourth-order valence-corrected chi connectivity index (χ4v) is 0.846. The van der Waals surface area contributed by atoms with Crippen molar-refractivity contribution in [3.63, 3.8) is 0 Å². The monoisotopic (exact) mass is 156 g/mol. The van der Waals surface area contributed by atoms with Gasteiger partial charge in [0.05, 0.1) is 6.61 Å². The van der Waals surface area contributed by atoms with Crippen molar-refractivity contribution in [2.45, 2.75) is 6.23 Å². The van der Waals surface area contributed by atoms with E-state index < -0.39 is 0 Å². The first-order chi connectivity index (χ1) is 5.38. The predicted molar refractivity (Wildman–Crippen MR) is 40.1 cm³/mol. The first kappa shape index (κ1) is 8.23. The largest absolute Gasteiger partial charge is 0.380 e. The van der Waals surface area contributed by atoms with Crippen LogP contribution < -0.4 is 0 Å². The summed E-state index contributed by atoms with van der Waals surface area (Å²) >= 11 is 0. The summed E-state index contributed by atoms with van der Waals surface area (Å²) in [6.07, 6.45) is 3.43. The van der Waals surface area contributed by atoms with Crippen LogP contribution in [0.3, 0.4) is 0 Å². The Bertz CT molecular complexity index is 186. The molecule has 0 radical (unpaired) electrons. The number of nitrogens with zero attached hydrogens (tertiary/aromatic N) is 2. The number of methoxy groups -OCH3 is 2. The number of aromatic nitrogens is 2. The van der Waals surface area contributed by atoms with Crippen LogP contribution in [0.2, 0.25) is 0 Å². The van der Waals surface area contributed by atoms with Gasteiger partial charge in [0.25, 0.3) is 0 Å². The topological polar surface area (TPSA) is 36.3 Å². The molecule has 1 aromatic rings. The van der Waals surface area contributed by atoms with E-state index in [0.717, 1.165) is 0 Å². The zero-order chi connectivity index (χ0) is 8.10. The minimum atomic E-state index is -0.116. The molecule has 0 fully saturated rings. The average molecular weight is 156 g/mol. The van der Waals surface area contributed by atoms with Gasteiger partial charge in [-0.3, -0.25) is 0 Å². The third-order valence-corrected chi connectivity index (χ3v) is 1.40. The van der Waals surface area contributed by atoms with Crippen LogP contribution in [0.5, 0.6) is 0 Å². The zero-order valence-corrected chi connectivity index (χ0v) is 6.73. The summed E-state index contributed by atoms with van der Waals surface area (Å²) in [5.74, 6) is 0. The molecule has 1 heterocycles. The average Bonchev–Trinajstić information content (AvgIpc) is 2.52. The summed E-state index contributed by atoms with van der Waals surface area (Å²) < 4.78 is 11.8. The lowest BCUT2D eigenvalue weighted by Crippen LogP contribution is -2.16. The van der Waals surface area contributed by atoms with Crippen molar-refractivity contribution in [1.82, 2.24) is 9.78 Å². The maximum absolute atomic E-state index is 5.11. The summed E-state index contributed by atoms with van der Waals surface area (Å²) in [7, 11) is 3.26. The Hall–Kier alpha value is -0.870. The van der Waals surface area contributed by atoms with Crippen molar-refractivity contribution in [1.29, 1.82) is 0 Å². The first-order valence-corrected chi connectivity index (χ1v) is 3.39. The van der Waals surface area contributed by atoms with E-state index in [1.54, 1.807) is 25.1 Å². The maximum Gasteiger partial charge on any atom is 0.172 e. The van der Waals surface area contributed by atoms with Gasteiger partial charge in [-0.15, -0.1) is 0 Å². The fraction of sp³-hybridized carbons (Fsp3) is 0.571. The second-order valence-corrected chi connectivity index (χ2v) is 2.13. The molecule has 1 rings (SSSR count). The van der Waals surface area contributed by atoms with Crippen molar-refractivity contribution in [2.75, 3.05) is 20.8 Å². The molecule has 11 heavy (non-hydrogen) atoms. The molecule has 1 unspecified atom stereocenters. The number of ether oxygens (including phenoxy) is 2. The summed E-state index contributed by atoms with van der Waals surface area (Å²) in [6.45, 7) is 0.512. The molecule has 0 spiro atoms. The molecule has 4 nitrogen and oxygen atoms in total. The van der Waals surface area contributed by atoms with Crippen molar-refractivity contribution in [2.24, 2.45) is 0 Å². The van der Waals surface area contributed by atoms with Gasteiger partial charge in [-0.05, 0) is 6.07 Å². The normalized spacial score (nSPS) is 13.3. The van der Waals surface area contributed by atoms with Crippen LogP contribution in [0.1, 0.15) is 6.23 Å². The van der Waals surface area contributed by atoms with Crippen LogP contribution in [0.25, 0.3) is 0 Å². The highest BCUT2D eigenvalue weighted by atomic mass is 16.5. The Kier molecular flexibility index (Phi) is 3.07. The molecule has 0 amide bonds. The second-order valence-electron chi connectivity index (χ2n) is 2.13. The molecule has 4 heteroatoms. The molecule has 1 atom stereocenters. The Morgan fingerprint density at radius 3 is 2.82 bits per heavy atom. The van der Waals surface area contributed by atoms with Crippen LogP contribution in [0, 0.1) is 0 Å². The molecule has 0 aliphatic rings. The summed E-state index contributed by atoms with van der Waals surface area (Å²) in [6, 6.07) is 1.85. The van der Waals surface area contributed by atoms with E-state index >= 15 is 0 Å². The minimum Gasteiger partial charge on any atom is -0.380 e. The van der Waals surface area contributed by atoms with Gasteiger partial charge in [-0.2, -0.15) is 5.10 Å². The number of hydrogen-bond acceptors (Lipinski definition) is 3. The van der Waals surface area contributed by atoms with Crippen LogP contribution in [0.4, 0.5) is 0 Å². The van der Waals surface area contributed by atoms with Crippen molar-refractivity contribution >= 4 is 0 Å². The van der Waals surface area contributed by atoms with Gasteiger partial charge in [0.1, 0.15) is 0 Å². The third-order valence-electron chi connectivity index (χ3n) is 1.40. The fourth-order valence-electron chi connectivity index (χ4n) is 0.846. The first-order valence-electron chi connectivity index (χ1n) is 3.39. The van der Waals surface area contributed by atoms with Gasteiger partial charge in [0.15, 0.2) is 6.23 Å². The molecule has 1 aromatic heterocycles. The molecular weight excluding hydrogens is 144 g/mol. The molecule has 0 aromatic carbocycles. The van der Waals surface area contributed by atoms with E-state index in [-0.39, 0.29) is 6.23 Å². The van der Waals surface area contributed by atoms with E-state index in [9.17, 15) is 0 Å². The second kappa shape index (κ2) is 4.10. The van der Waals surface area contributed by atoms with Gasteiger partial charge in [0, 0.05) is 26.6 Å². The van der Waals surface area contributed by atoms with E-state index in [4.69, 9.17) is 9.47 Å². The van der Waals surface area contributed by atoms with Crippen molar-refractivity contribution < 1.29 is 9.47 Å². The highest BCUT2D eigenvalue weighted by Gasteiger charge is 2.07. The third kappa shape index (κ3) is 2.03. The van der Waals surface area contributed by atoms with E-state index in [2.05, 4.69) is 5.10 Å². The summed E-state index contributed by atoms with van der Waals surface area (Å²) in [5.41, 5.74) is 0. The van der Waals surface area contributed by atoms with E-state index in [0.29, 0.717) is 6.61 Å². The minimum absolute atomic E-state index is 0.116. The van der Waals surface area contributed by atoms with Gasteiger partial charge in [-0.25, -0.2) is 4.68 Å². The Balaban J connectivity index is 2.56. The molecule has 0 saturated heterocycles. The molecule has 0 bridgehead atoms. The zero-order valence-electron chi connectivity index (χ0n) is 6.73. The Morgan fingerprint density at radius 2 is 2.36 bits per heavy atom. The summed E-state index contributed by atoms with van der Waals surface area (Å²) in [5, 5.41) is 4.02. The molecule has 62 valence electrons. The standard InChI is InChI=1S/C7H12N2O2/c1-10-6-7(11-2)9-5-3-4-8-9/h3-5,7H,6H2,1-2H3. The van der Waals surface area contributed by atoms with Crippen LogP contribution in [-0.2, 0) is 9.47 Å². The lowest BCUT2D eigenvalue weighted by atomic mass is 10.6. The van der Waals surface area contributed by atoms with Gasteiger partial charge in [0.2, 0.25) is 0 Å². The predicted octanol–water partition coefficient (Wildman–Crippen LogP) is 0.675. The highest BCUT2D eigenvalue weighted by molar-refractivity contribution is 4.79. The highest BCUT2D eigenvalue weighted by Crippen LogP contribution is 2.04. The Labute approximate surface area is 65.7 Å². The van der Waals surface area contributed by atoms with Crippen LogP contribution in [-0.4, -0.2) is 30.6 Å². The van der Waals surface area contributed by atoms with Crippen molar-refractivity contribution in [3.8, 4) is 0 Å². The molecule has 0 N–H and O–H groups in total. The summed E-state index contributed by atoms with van der Waals surface area (Å²) in [4.78, 5) is 0. The van der Waals surface area contributed by atoms with Crippen molar-refractivity contribution in [3.05, 3.63) is 18.5 Å². The van der Waals surface area contributed by atoms with Gasteiger partial charge < -0.3 is 9.47 Å². The number of hydrogen-bond donors (Lipinski definition) is 0. The molecule has 0 aliphatic carbocycles. The maximum atomic E-state index is 5.11. The van der Waals surface area contributed by atoms with Gasteiger partial charge >= 0.3 is 0 Å². The molecular formula is C7H12N2O2.